The van der Waals surface area contributed by atoms with Crippen molar-refractivity contribution in [1.29, 1.82) is 0 Å². The number of nitrogens with zero attached hydrogens (tertiary/aromatic N) is 1. The molecule has 31 heavy (non-hydrogen) atoms. The highest BCUT2D eigenvalue weighted by molar-refractivity contribution is 6.06. The Morgan fingerprint density at radius 2 is 1.19 bits per heavy atom. The molecular formula is C24H20N2O5. The Bertz CT molecular complexity index is 1040. The lowest BCUT2D eigenvalue weighted by Gasteiger charge is -2.31. The molecule has 0 aliphatic rings. The number of anilines is 1. The maximum Gasteiger partial charge on any atom is 0.328 e. The molecule has 3 aromatic rings. The van der Waals surface area contributed by atoms with Crippen molar-refractivity contribution in [3.05, 3.63) is 114 Å². The summed E-state index contributed by atoms with van der Waals surface area (Å²) in [7, 11) is 0. The standard InChI is InChI=1S/C24H20N2O5/c27-21(16-17-22(28)29)26(20-14-8-3-9-15-20)25-23(30)24(31,18-10-4-1-5-11-18)19-12-6-2-7-13-19/h1-17,31H,(H,25,30)(H,28,29)/b17-16-. The van der Waals surface area contributed by atoms with Gasteiger partial charge in [0.1, 0.15) is 0 Å². The first-order valence-corrected chi connectivity index (χ1v) is 9.37. The van der Waals surface area contributed by atoms with Crippen molar-refractivity contribution in [2.75, 3.05) is 5.01 Å². The van der Waals surface area contributed by atoms with E-state index in [1.165, 1.54) is 0 Å². The van der Waals surface area contributed by atoms with Gasteiger partial charge in [0.05, 0.1) is 5.69 Å². The molecule has 0 aliphatic carbocycles. The number of hydrogen-bond donors (Lipinski definition) is 3. The number of benzene rings is 3. The highest BCUT2D eigenvalue weighted by atomic mass is 16.4. The van der Waals surface area contributed by atoms with Crippen LogP contribution in [-0.2, 0) is 20.0 Å². The molecule has 156 valence electrons. The van der Waals surface area contributed by atoms with Gasteiger partial charge >= 0.3 is 5.97 Å². The molecule has 0 saturated heterocycles. The van der Waals surface area contributed by atoms with Crippen LogP contribution in [0.4, 0.5) is 5.69 Å². The zero-order chi connectivity index (χ0) is 22.3. The quantitative estimate of drug-likeness (QED) is 0.423. The molecule has 3 N–H and O–H groups in total. The van der Waals surface area contributed by atoms with Crippen LogP contribution in [0.5, 0.6) is 0 Å². The lowest BCUT2D eigenvalue weighted by molar-refractivity contribution is -0.138. The summed E-state index contributed by atoms with van der Waals surface area (Å²) in [5, 5.41) is 21.3. The number of hydrazine groups is 1. The molecule has 0 aliphatic heterocycles. The maximum atomic E-state index is 13.4. The normalized spacial score (nSPS) is 11.1. The third-order valence-electron chi connectivity index (χ3n) is 4.53. The van der Waals surface area contributed by atoms with Gasteiger partial charge in [-0.3, -0.25) is 15.0 Å². The smallest absolute Gasteiger partial charge is 0.328 e. The maximum absolute atomic E-state index is 13.4. The fraction of sp³-hybridized carbons (Fsp3) is 0.0417. The fourth-order valence-electron chi connectivity index (χ4n) is 3.01. The number of carbonyl (C=O) groups is 3. The molecule has 0 saturated carbocycles. The molecular weight excluding hydrogens is 396 g/mol. The SMILES string of the molecule is O=C(O)/C=C\C(=O)N(NC(=O)C(O)(c1ccccc1)c1ccccc1)c1ccccc1. The second-order valence-electron chi connectivity index (χ2n) is 6.56. The molecule has 0 atom stereocenters. The first-order chi connectivity index (χ1) is 14.9. The van der Waals surface area contributed by atoms with Gasteiger partial charge in [0.15, 0.2) is 5.60 Å². The molecule has 7 nitrogen and oxygen atoms in total. The molecule has 2 amide bonds. The Morgan fingerprint density at radius 1 is 0.742 bits per heavy atom. The number of carboxylic acids is 1. The van der Waals surface area contributed by atoms with Crippen LogP contribution in [0.2, 0.25) is 0 Å². The molecule has 0 fully saturated rings. The van der Waals surface area contributed by atoms with E-state index in [2.05, 4.69) is 5.43 Å². The van der Waals surface area contributed by atoms with Crippen molar-refractivity contribution in [3.8, 4) is 0 Å². The van der Waals surface area contributed by atoms with Crippen LogP contribution in [0.25, 0.3) is 0 Å². The lowest BCUT2D eigenvalue weighted by atomic mass is 9.85. The van der Waals surface area contributed by atoms with E-state index in [4.69, 9.17) is 5.11 Å². The van der Waals surface area contributed by atoms with Gasteiger partial charge in [-0.1, -0.05) is 78.9 Å². The predicted octanol–water partition coefficient (Wildman–Crippen LogP) is 2.63. The number of para-hydroxylation sites is 1. The van der Waals surface area contributed by atoms with Crippen molar-refractivity contribution >= 4 is 23.5 Å². The molecule has 7 heteroatoms. The van der Waals surface area contributed by atoms with E-state index in [9.17, 15) is 19.5 Å². The van der Waals surface area contributed by atoms with Crippen LogP contribution < -0.4 is 10.4 Å². The van der Waals surface area contributed by atoms with Gasteiger partial charge in [0, 0.05) is 12.2 Å². The largest absolute Gasteiger partial charge is 0.478 e. The second-order valence-corrected chi connectivity index (χ2v) is 6.56. The van der Waals surface area contributed by atoms with Gasteiger partial charge in [-0.25, -0.2) is 9.80 Å². The molecule has 0 unspecified atom stereocenters. The van der Waals surface area contributed by atoms with E-state index in [0.717, 1.165) is 11.1 Å². The fourth-order valence-corrected chi connectivity index (χ4v) is 3.01. The van der Waals surface area contributed by atoms with Crippen molar-refractivity contribution in [3.63, 3.8) is 0 Å². The van der Waals surface area contributed by atoms with Crippen LogP contribution >= 0.6 is 0 Å². The lowest BCUT2D eigenvalue weighted by Crippen LogP contribution is -2.54. The topological polar surface area (TPSA) is 107 Å². The Balaban J connectivity index is 2.03. The summed E-state index contributed by atoms with van der Waals surface area (Å²) < 4.78 is 0. The van der Waals surface area contributed by atoms with Crippen LogP contribution in [0, 0.1) is 0 Å². The van der Waals surface area contributed by atoms with Gasteiger partial charge in [0.2, 0.25) is 0 Å². The van der Waals surface area contributed by atoms with Crippen molar-refractivity contribution in [1.82, 2.24) is 5.43 Å². The Kier molecular flexibility index (Phi) is 6.59. The summed E-state index contributed by atoms with van der Waals surface area (Å²) in [6.45, 7) is 0. The average Bonchev–Trinajstić information content (AvgIpc) is 2.82. The van der Waals surface area contributed by atoms with E-state index >= 15 is 0 Å². The molecule has 3 rings (SSSR count). The van der Waals surface area contributed by atoms with E-state index in [0.29, 0.717) is 22.9 Å². The van der Waals surface area contributed by atoms with E-state index < -0.39 is 23.4 Å². The van der Waals surface area contributed by atoms with Crippen LogP contribution in [0.15, 0.2) is 103 Å². The summed E-state index contributed by atoms with van der Waals surface area (Å²) in [6.07, 6.45) is 1.49. The Labute approximate surface area is 178 Å². The molecule has 0 heterocycles. The average molecular weight is 416 g/mol. The van der Waals surface area contributed by atoms with Gasteiger partial charge in [-0.2, -0.15) is 0 Å². The minimum Gasteiger partial charge on any atom is -0.478 e. The number of amides is 2. The predicted molar refractivity (Wildman–Crippen MR) is 115 cm³/mol. The Morgan fingerprint density at radius 3 is 1.65 bits per heavy atom. The number of aliphatic carboxylic acids is 1. The van der Waals surface area contributed by atoms with Crippen LogP contribution in [-0.4, -0.2) is 28.0 Å². The van der Waals surface area contributed by atoms with Crippen molar-refractivity contribution in [2.45, 2.75) is 5.60 Å². The van der Waals surface area contributed by atoms with Gasteiger partial charge < -0.3 is 10.2 Å². The first kappa shape index (κ1) is 21.5. The van der Waals surface area contributed by atoms with E-state index in [-0.39, 0.29) is 0 Å². The third-order valence-corrected chi connectivity index (χ3v) is 4.53. The third kappa shape index (κ3) is 4.85. The van der Waals surface area contributed by atoms with Gasteiger partial charge in [-0.15, -0.1) is 0 Å². The zero-order valence-electron chi connectivity index (χ0n) is 16.4. The molecule has 0 bridgehead atoms. The number of aliphatic hydroxyl groups is 1. The number of nitrogens with one attached hydrogen (secondary N) is 1. The van der Waals surface area contributed by atoms with Gasteiger partial charge in [0.25, 0.3) is 11.8 Å². The summed E-state index contributed by atoms with van der Waals surface area (Å²) in [5.41, 5.74) is 1.24. The summed E-state index contributed by atoms with van der Waals surface area (Å²) in [6, 6.07) is 24.8. The second kappa shape index (κ2) is 9.51. The highest BCUT2D eigenvalue weighted by Crippen LogP contribution is 2.30. The number of hydrogen-bond acceptors (Lipinski definition) is 4. The van der Waals surface area contributed by atoms with Crippen molar-refractivity contribution < 1.29 is 24.6 Å². The molecule has 0 radical (unpaired) electrons. The monoisotopic (exact) mass is 416 g/mol. The summed E-state index contributed by atoms with van der Waals surface area (Å²) >= 11 is 0. The number of carbonyl (C=O) groups excluding carboxylic acids is 2. The van der Waals surface area contributed by atoms with Gasteiger partial charge in [-0.05, 0) is 23.3 Å². The molecule has 0 spiro atoms. The zero-order valence-corrected chi connectivity index (χ0v) is 16.4. The summed E-state index contributed by atoms with van der Waals surface area (Å²) in [4.78, 5) is 36.9. The van der Waals surface area contributed by atoms with Crippen molar-refractivity contribution in [2.24, 2.45) is 0 Å². The van der Waals surface area contributed by atoms with Crippen LogP contribution in [0.1, 0.15) is 11.1 Å². The number of carboxylic acid groups (broad SMARTS) is 1. The Hall–Kier alpha value is -4.23. The van der Waals surface area contributed by atoms with Crippen LogP contribution in [0.3, 0.4) is 0 Å². The molecule has 0 aromatic heterocycles. The first-order valence-electron chi connectivity index (χ1n) is 9.37. The minimum atomic E-state index is -2.10. The van der Waals surface area contributed by atoms with E-state index in [1.54, 1.807) is 91.0 Å². The van der Waals surface area contributed by atoms with E-state index in [1.807, 2.05) is 0 Å². The highest BCUT2D eigenvalue weighted by Gasteiger charge is 2.41. The number of rotatable bonds is 6. The minimum absolute atomic E-state index is 0.291. The molecule has 3 aromatic carbocycles. The summed E-state index contributed by atoms with van der Waals surface area (Å²) in [5.74, 6) is -2.99.